The molecule has 0 saturated carbocycles. The fraction of sp³-hybridized carbons (Fsp3) is 0.333. The van der Waals surface area contributed by atoms with E-state index in [4.69, 9.17) is 0 Å². The lowest BCUT2D eigenvalue weighted by Crippen LogP contribution is -2.17. The van der Waals surface area contributed by atoms with Crippen LogP contribution in [0.15, 0.2) is 42.7 Å². The minimum atomic E-state index is -4.67. The Morgan fingerprint density at radius 2 is 2.05 bits per heavy atom. The highest BCUT2D eigenvalue weighted by Gasteiger charge is 2.31. The van der Waals surface area contributed by atoms with E-state index < -0.39 is 6.36 Å². The predicted octanol–water partition coefficient (Wildman–Crippen LogP) is 4.41. The molecule has 1 aromatic carbocycles. The molecule has 0 unspecified atom stereocenters. The molecular weight excluding hydrogens is 281 g/mol. The molecule has 2 rings (SSSR count). The van der Waals surface area contributed by atoms with Gasteiger partial charge in [0.05, 0.1) is 0 Å². The van der Waals surface area contributed by atoms with Crippen molar-refractivity contribution < 1.29 is 17.9 Å². The maximum absolute atomic E-state index is 12.2. The summed E-state index contributed by atoms with van der Waals surface area (Å²) >= 11 is 0. The van der Waals surface area contributed by atoms with Crippen LogP contribution in [0.2, 0.25) is 0 Å². The van der Waals surface area contributed by atoms with Crippen LogP contribution in [0.25, 0.3) is 0 Å². The molecule has 0 saturated heterocycles. The topological polar surface area (TPSA) is 26.2 Å². The van der Waals surface area contributed by atoms with Crippen molar-refractivity contribution in [1.29, 1.82) is 0 Å². The Bertz CT molecular complexity index is 578. The molecule has 0 spiro atoms. The van der Waals surface area contributed by atoms with E-state index in [2.05, 4.69) is 21.5 Å². The molecule has 0 atom stereocenters. The number of ether oxygens (including phenoxy) is 1. The lowest BCUT2D eigenvalue weighted by molar-refractivity contribution is -0.274. The van der Waals surface area contributed by atoms with E-state index in [9.17, 15) is 13.2 Å². The van der Waals surface area contributed by atoms with E-state index in [0.29, 0.717) is 12.2 Å². The molecule has 1 aromatic heterocycles. The number of benzene rings is 1. The van der Waals surface area contributed by atoms with Crippen molar-refractivity contribution in [2.45, 2.75) is 32.8 Å². The van der Waals surface area contributed by atoms with Gasteiger partial charge in [-0.05, 0) is 30.2 Å². The van der Waals surface area contributed by atoms with Crippen LogP contribution in [-0.4, -0.2) is 10.9 Å². The second-order valence-electron chi connectivity index (χ2n) is 4.69. The van der Waals surface area contributed by atoms with Gasteiger partial charge in [0.15, 0.2) is 0 Å². The average Bonchev–Trinajstić information content (AvgIpc) is 2.83. The Hall–Kier alpha value is -2.11. The second kappa shape index (κ2) is 6.56. The van der Waals surface area contributed by atoms with Gasteiger partial charge >= 0.3 is 6.36 Å². The van der Waals surface area contributed by atoms with Crippen LogP contribution in [0.5, 0.6) is 5.75 Å². The van der Waals surface area contributed by atoms with Crippen LogP contribution in [0, 0.1) is 0 Å². The molecule has 21 heavy (non-hydrogen) atoms. The lowest BCUT2D eigenvalue weighted by Gasteiger charge is -2.11. The van der Waals surface area contributed by atoms with Crippen LogP contribution in [0.3, 0.4) is 0 Å². The lowest BCUT2D eigenvalue weighted by atomic mass is 10.2. The highest BCUT2D eigenvalue weighted by molar-refractivity contribution is 5.48. The highest BCUT2D eigenvalue weighted by Crippen LogP contribution is 2.25. The number of halogens is 3. The monoisotopic (exact) mass is 298 g/mol. The molecule has 1 heterocycles. The molecule has 0 aliphatic heterocycles. The minimum absolute atomic E-state index is 0.226. The van der Waals surface area contributed by atoms with E-state index in [1.807, 2.05) is 18.5 Å². The molecular formula is C15H17F3N2O. The first-order valence-corrected chi connectivity index (χ1v) is 6.70. The van der Waals surface area contributed by atoms with E-state index in [-0.39, 0.29) is 5.75 Å². The van der Waals surface area contributed by atoms with Crippen LogP contribution in [0.1, 0.15) is 18.9 Å². The first-order valence-electron chi connectivity index (χ1n) is 6.70. The molecule has 0 aliphatic rings. The third-order valence-electron chi connectivity index (χ3n) is 2.86. The largest absolute Gasteiger partial charge is 0.573 e. The number of aryl methyl sites for hydroxylation is 1. The molecule has 1 N–H and O–H groups in total. The van der Waals surface area contributed by atoms with E-state index in [1.165, 1.54) is 18.2 Å². The number of hydrogen-bond donors (Lipinski definition) is 1. The molecule has 0 amide bonds. The van der Waals surface area contributed by atoms with Gasteiger partial charge in [0.25, 0.3) is 0 Å². The standard InChI is InChI=1S/C15H17F3N2O/c1-2-7-20-8-6-12(11-20)10-19-13-4-3-5-14(9-13)21-15(16,17)18/h3-6,8-9,11,19H,2,7,10H2,1H3. The number of alkyl halides is 3. The third-order valence-corrected chi connectivity index (χ3v) is 2.86. The van der Waals surface area contributed by atoms with E-state index in [1.54, 1.807) is 6.07 Å². The summed E-state index contributed by atoms with van der Waals surface area (Å²) in [6.45, 7) is 3.60. The van der Waals surface area contributed by atoms with Crippen LogP contribution < -0.4 is 10.1 Å². The zero-order chi connectivity index (χ0) is 15.3. The zero-order valence-corrected chi connectivity index (χ0v) is 11.7. The SMILES string of the molecule is CCCn1ccc(CNc2cccc(OC(F)(F)F)c2)c1. The molecule has 0 radical (unpaired) electrons. The van der Waals surface area contributed by atoms with Crippen LogP contribution in [-0.2, 0) is 13.1 Å². The number of hydrogen-bond acceptors (Lipinski definition) is 2. The van der Waals surface area contributed by atoms with Crippen molar-refractivity contribution in [3.05, 3.63) is 48.3 Å². The average molecular weight is 298 g/mol. The van der Waals surface area contributed by atoms with Crippen molar-refractivity contribution in [2.75, 3.05) is 5.32 Å². The Balaban J connectivity index is 1.94. The Kier molecular flexibility index (Phi) is 4.77. The first kappa shape index (κ1) is 15.3. The second-order valence-corrected chi connectivity index (χ2v) is 4.69. The fourth-order valence-electron chi connectivity index (χ4n) is 2.00. The number of anilines is 1. The molecule has 3 nitrogen and oxygen atoms in total. The van der Waals surface area contributed by atoms with Crippen molar-refractivity contribution >= 4 is 5.69 Å². The van der Waals surface area contributed by atoms with Crippen LogP contribution in [0.4, 0.5) is 18.9 Å². The van der Waals surface area contributed by atoms with Gasteiger partial charge < -0.3 is 14.6 Å². The highest BCUT2D eigenvalue weighted by atomic mass is 19.4. The molecule has 2 aromatic rings. The Labute approximate surface area is 121 Å². The van der Waals surface area contributed by atoms with Gasteiger partial charge in [0.1, 0.15) is 5.75 Å². The molecule has 0 aliphatic carbocycles. The van der Waals surface area contributed by atoms with Gasteiger partial charge in [-0.25, -0.2) is 0 Å². The molecule has 6 heteroatoms. The summed E-state index contributed by atoms with van der Waals surface area (Å²) in [6.07, 6.45) is 0.393. The summed E-state index contributed by atoms with van der Waals surface area (Å²) < 4.78 is 42.4. The van der Waals surface area contributed by atoms with Gasteiger partial charge in [0.2, 0.25) is 0 Å². The van der Waals surface area contributed by atoms with Gasteiger partial charge in [-0.3, -0.25) is 0 Å². The summed E-state index contributed by atoms with van der Waals surface area (Å²) in [4.78, 5) is 0. The van der Waals surface area contributed by atoms with Crippen molar-refractivity contribution in [1.82, 2.24) is 4.57 Å². The number of aromatic nitrogens is 1. The molecule has 0 fully saturated rings. The van der Waals surface area contributed by atoms with Crippen LogP contribution >= 0.6 is 0 Å². The van der Waals surface area contributed by atoms with Crippen molar-refractivity contribution in [2.24, 2.45) is 0 Å². The maximum Gasteiger partial charge on any atom is 0.573 e. The first-order chi connectivity index (χ1) is 9.96. The maximum atomic E-state index is 12.2. The van der Waals surface area contributed by atoms with Crippen molar-refractivity contribution in [3.63, 3.8) is 0 Å². The van der Waals surface area contributed by atoms with Gasteiger partial charge in [-0.15, -0.1) is 13.2 Å². The number of rotatable bonds is 6. The smallest absolute Gasteiger partial charge is 0.406 e. The zero-order valence-electron chi connectivity index (χ0n) is 11.7. The molecule has 114 valence electrons. The summed E-state index contributed by atoms with van der Waals surface area (Å²) in [5, 5.41) is 3.08. The summed E-state index contributed by atoms with van der Waals surface area (Å²) in [6, 6.07) is 7.81. The van der Waals surface area contributed by atoms with Gasteiger partial charge in [0, 0.05) is 37.2 Å². The summed E-state index contributed by atoms with van der Waals surface area (Å²) in [5.74, 6) is -0.226. The van der Waals surface area contributed by atoms with Gasteiger partial charge in [-0.1, -0.05) is 13.0 Å². The number of nitrogens with one attached hydrogen (secondary N) is 1. The Morgan fingerprint density at radius 3 is 2.76 bits per heavy atom. The molecule has 0 bridgehead atoms. The third kappa shape index (κ3) is 5.06. The Morgan fingerprint density at radius 1 is 1.24 bits per heavy atom. The number of nitrogens with zero attached hydrogens (tertiary/aromatic N) is 1. The summed E-state index contributed by atoms with van der Waals surface area (Å²) in [7, 11) is 0. The predicted molar refractivity (Wildman–Crippen MR) is 75.2 cm³/mol. The quantitative estimate of drug-likeness (QED) is 0.855. The minimum Gasteiger partial charge on any atom is -0.406 e. The van der Waals surface area contributed by atoms with Crippen molar-refractivity contribution in [3.8, 4) is 5.75 Å². The van der Waals surface area contributed by atoms with E-state index in [0.717, 1.165) is 18.5 Å². The fourth-order valence-corrected chi connectivity index (χ4v) is 2.00. The van der Waals surface area contributed by atoms with E-state index >= 15 is 0 Å². The summed E-state index contributed by atoms with van der Waals surface area (Å²) in [5.41, 5.74) is 1.66. The van der Waals surface area contributed by atoms with Gasteiger partial charge in [-0.2, -0.15) is 0 Å². The normalized spacial score (nSPS) is 11.4.